The van der Waals surface area contributed by atoms with Crippen LogP contribution in [-0.2, 0) is 30.8 Å². The number of methoxy groups -OCH3 is 1. The van der Waals surface area contributed by atoms with Gasteiger partial charge in [0.1, 0.15) is 12.4 Å². The van der Waals surface area contributed by atoms with E-state index in [9.17, 15) is 0 Å². The first-order valence-electron chi connectivity index (χ1n) is 10.9. The number of thioether (sulfide) groups is 1. The van der Waals surface area contributed by atoms with Gasteiger partial charge in [0.05, 0.1) is 12.0 Å². The third-order valence-corrected chi connectivity index (χ3v) is 6.95. The Bertz CT molecular complexity index is 882. The van der Waals surface area contributed by atoms with Crippen molar-refractivity contribution in [2.45, 2.75) is 77.0 Å². The zero-order valence-corrected chi connectivity index (χ0v) is 19.3. The van der Waals surface area contributed by atoms with E-state index in [0.717, 1.165) is 37.4 Å². The van der Waals surface area contributed by atoms with E-state index in [1.165, 1.54) is 45.8 Å². The van der Waals surface area contributed by atoms with Crippen LogP contribution in [-0.4, -0.2) is 34.6 Å². The molecule has 0 spiro atoms. The van der Waals surface area contributed by atoms with Gasteiger partial charge in [-0.2, -0.15) is 5.06 Å². The van der Waals surface area contributed by atoms with Crippen molar-refractivity contribution in [2.75, 3.05) is 19.4 Å². The van der Waals surface area contributed by atoms with Gasteiger partial charge >= 0.3 is 0 Å². The number of ether oxygens (including phenoxy) is 1. The van der Waals surface area contributed by atoms with E-state index in [0.29, 0.717) is 6.61 Å². The molecule has 0 radical (unpaired) electrons. The highest BCUT2D eigenvalue weighted by Crippen LogP contribution is 2.41. The van der Waals surface area contributed by atoms with Gasteiger partial charge in [0.2, 0.25) is 0 Å². The van der Waals surface area contributed by atoms with E-state index >= 15 is 0 Å². The molecule has 2 aliphatic heterocycles. The summed E-state index contributed by atoms with van der Waals surface area (Å²) in [6.07, 6.45) is 4.56. The molecule has 4 rings (SSSR count). The zero-order chi connectivity index (χ0) is 20.6. The number of aromatic nitrogens is 1. The smallest absolute Gasteiger partial charge is 0.132 e. The van der Waals surface area contributed by atoms with Crippen molar-refractivity contribution in [1.29, 1.82) is 0 Å². The van der Waals surface area contributed by atoms with Gasteiger partial charge in [-0.1, -0.05) is 6.92 Å². The van der Waals surface area contributed by atoms with Crippen LogP contribution in [0, 0.1) is 0 Å². The average Bonchev–Trinajstić information content (AvgIpc) is 3.07. The predicted octanol–water partition coefficient (Wildman–Crippen LogP) is 5.70. The Morgan fingerprint density at radius 1 is 1.07 bits per heavy atom. The van der Waals surface area contributed by atoms with Gasteiger partial charge in [0.15, 0.2) is 0 Å². The summed E-state index contributed by atoms with van der Waals surface area (Å²) < 4.78 is 8.18. The van der Waals surface area contributed by atoms with Gasteiger partial charge in [0.25, 0.3) is 0 Å². The van der Waals surface area contributed by atoms with Gasteiger partial charge in [-0.15, -0.1) is 11.8 Å². The molecule has 0 saturated heterocycles. The number of nitrogens with zero attached hydrogens (tertiary/aromatic N) is 2. The van der Waals surface area contributed by atoms with E-state index < -0.39 is 0 Å². The van der Waals surface area contributed by atoms with Gasteiger partial charge in [-0.25, -0.2) is 0 Å². The van der Waals surface area contributed by atoms with Gasteiger partial charge in [0, 0.05) is 35.6 Å². The minimum Gasteiger partial charge on any atom is -0.496 e. The van der Waals surface area contributed by atoms with Crippen LogP contribution in [0.1, 0.15) is 57.4 Å². The summed E-state index contributed by atoms with van der Waals surface area (Å²) in [7, 11) is 1.78. The Morgan fingerprint density at radius 2 is 1.90 bits per heavy atom. The average molecular weight is 415 g/mol. The largest absolute Gasteiger partial charge is 0.496 e. The highest BCUT2D eigenvalue weighted by atomic mass is 32.2. The molecule has 0 fully saturated rings. The Kier molecular flexibility index (Phi) is 6.01. The summed E-state index contributed by atoms with van der Waals surface area (Å²) in [5.74, 6) is 2.05. The molecule has 3 heterocycles. The van der Waals surface area contributed by atoms with Gasteiger partial charge < -0.3 is 9.30 Å². The number of aryl methyl sites for hydroxylation is 2. The Balaban J connectivity index is 1.73. The molecular weight excluding hydrogens is 380 g/mol. The molecule has 0 unspecified atom stereocenters. The number of fused-ring (bicyclic) bond motifs is 5. The van der Waals surface area contributed by atoms with Crippen molar-refractivity contribution in [2.24, 2.45) is 0 Å². The number of benzene rings is 1. The molecule has 0 amide bonds. The summed E-state index contributed by atoms with van der Waals surface area (Å²) >= 11 is 1.86. The molecular formula is C24H34N2O2S. The highest BCUT2D eigenvalue weighted by Gasteiger charge is 2.27. The third-order valence-electron chi connectivity index (χ3n) is 6.03. The summed E-state index contributed by atoms with van der Waals surface area (Å²) in [6.45, 7) is 11.6. The molecule has 29 heavy (non-hydrogen) atoms. The first-order valence-corrected chi connectivity index (χ1v) is 11.9. The van der Waals surface area contributed by atoms with Crippen LogP contribution in [0.15, 0.2) is 23.1 Å². The van der Waals surface area contributed by atoms with Gasteiger partial charge in [-0.05, 0) is 81.5 Å². The molecule has 0 bridgehead atoms. The fourth-order valence-corrected chi connectivity index (χ4v) is 5.32. The van der Waals surface area contributed by atoms with Crippen LogP contribution in [0.2, 0.25) is 0 Å². The predicted molar refractivity (Wildman–Crippen MR) is 121 cm³/mol. The topological polar surface area (TPSA) is 26.6 Å². The van der Waals surface area contributed by atoms with Crippen molar-refractivity contribution in [3.63, 3.8) is 0 Å². The first-order chi connectivity index (χ1) is 13.9. The Hall–Kier alpha value is -1.43. The molecule has 2 aliphatic rings. The number of hydrogen-bond donors (Lipinski definition) is 0. The van der Waals surface area contributed by atoms with Crippen molar-refractivity contribution in [3.05, 3.63) is 35.0 Å². The lowest BCUT2D eigenvalue weighted by Crippen LogP contribution is -2.41. The molecule has 0 N–H and O–H groups in total. The van der Waals surface area contributed by atoms with Crippen LogP contribution in [0.3, 0.4) is 0 Å². The standard InChI is InChI=1S/C24H34N2O2S/c1-6-29-23-15-19-17(14-22(23)27-5)10-12-25-20(19)13-18-9-7-8-11-26(24(2,3)4)28-16-21(18)25/h13-15H,6-12,16H2,1-5H3. The molecule has 2 aromatic rings. The van der Waals surface area contributed by atoms with Crippen LogP contribution in [0.4, 0.5) is 0 Å². The van der Waals surface area contributed by atoms with Crippen LogP contribution < -0.4 is 4.74 Å². The van der Waals surface area contributed by atoms with Gasteiger partial charge in [-0.3, -0.25) is 4.84 Å². The van der Waals surface area contributed by atoms with Crippen molar-refractivity contribution < 1.29 is 9.57 Å². The quantitative estimate of drug-likeness (QED) is 0.602. The minimum atomic E-state index is 0.0251. The van der Waals surface area contributed by atoms with Crippen LogP contribution in [0.5, 0.6) is 5.75 Å². The van der Waals surface area contributed by atoms with E-state index in [-0.39, 0.29) is 5.54 Å². The SMILES string of the molecule is CCSc1cc2c(cc1OC)CCn1c-2cc2c1CON(C(C)(C)C)CCCC2. The molecule has 0 saturated carbocycles. The maximum atomic E-state index is 6.35. The lowest BCUT2D eigenvalue weighted by molar-refractivity contribution is -0.220. The first kappa shape index (κ1) is 20.8. The zero-order valence-electron chi connectivity index (χ0n) is 18.5. The van der Waals surface area contributed by atoms with Crippen LogP contribution >= 0.6 is 11.8 Å². The lowest BCUT2D eigenvalue weighted by atomic mass is 9.98. The molecule has 1 aromatic carbocycles. The highest BCUT2D eigenvalue weighted by molar-refractivity contribution is 7.99. The van der Waals surface area contributed by atoms with Crippen LogP contribution in [0.25, 0.3) is 11.3 Å². The molecule has 158 valence electrons. The molecule has 1 aromatic heterocycles. The van der Waals surface area contributed by atoms with Crippen molar-refractivity contribution in [3.8, 4) is 17.0 Å². The summed E-state index contributed by atoms with van der Waals surface area (Å²) in [5.41, 5.74) is 6.96. The normalized spacial score (nSPS) is 17.6. The molecule has 0 atom stereocenters. The second-order valence-electron chi connectivity index (χ2n) is 9.00. The van der Waals surface area contributed by atoms with E-state index in [1.807, 2.05) is 11.8 Å². The number of hydrogen-bond acceptors (Lipinski definition) is 4. The minimum absolute atomic E-state index is 0.0251. The molecule has 0 aliphatic carbocycles. The third kappa shape index (κ3) is 4.10. The maximum absolute atomic E-state index is 6.35. The van der Waals surface area contributed by atoms with E-state index in [1.54, 1.807) is 7.11 Å². The van der Waals surface area contributed by atoms with E-state index in [4.69, 9.17) is 9.57 Å². The number of hydroxylamine groups is 2. The van der Waals surface area contributed by atoms with Crippen molar-refractivity contribution >= 4 is 11.8 Å². The molecule has 5 heteroatoms. The fraction of sp³-hybridized carbons (Fsp3) is 0.583. The Morgan fingerprint density at radius 3 is 2.62 bits per heavy atom. The fourth-order valence-electron chi connectivity index (χ4n) is 4.52. The molecule has 4 nitrogen and oxygen atoms in total. The van der Waals surface area contributed by atoms with Crippen molar-refractivity contribution in [1.82, 2.24) is 9.63 Å². The second kappa shape index (κ2) is 8.37. The number of rotatable bonds is 3. The second-order valence-corrected chi connectivity index (χ2v) is 10.3. The van der Waals surface area contributed by atoms with E-state index in [2.05, 4.69) is 55.5 Å². The summed E-state index contributed by atoms with van der Waals surface area (Å²) in [6, 6.07) is 7.02. The summed E-state index contributed by atoms with van der Waals surface area (Å²) in [5, 5.41) is 2.18. The lowest BCUT2D eigenvalue weighted by Gasteiger charge is -2.34. The maximum Gasteiger partial charge on any atom is 0.132 e. The summed E-state index contributed by atoms with van der Waals surface area (Å²) in [4.78, 5) is 7.59. The Labute approximate surface area is 179 Å². The monoisotopic (exact) mass is 414 g/mol.